The Morgan fingerprint density at radius 3 is 2.70 bits per heavy atom. The summed E-state index contributed by atoms with van der Waals surface area (Å²) in [5, 5.41) is 0.265. The van der Waals surface area contributed by atoms with E-state index in [4.69, 9.17) is 11.6 Å². The first-order valence-corrected chi connectivity index (χ1v) is 10.8. The molecule has 7 nitrogen and oxygen atoms in total. The Bertz CT molecular complexity index is 1010. The third kappa shape index (κ3) is 3.17. The molecule has 2 saturated heterocycles. The molecule has 158 valence electrons. The van der Waals surface area contributed by atoms with Gasteiger partial charge in [-0.2, -0.15) is 0 Å². The second-order valence-corrected chi connectivity index (χ2v) is 8.76. The van der Waals surface area contributed by atoms with E-state index in [9.17, 15) is 9.18 Å². The minimum absolute atomic E-state index is 0.0665. The molecule has 2 aromatic rings. The Labute approximate surface area is 179 Å². The van der Waals surface area contributed by atoms with Gasteiger partial charge in [0.15, 0.2) is 11.6 Å². The molecule has 0 unspecified atom stereocenters. The van der Waals surface area contributed by atoms with Crippen LogP contribution in [0.1, 0.15) is 42.9 Å². The Kier molecular flexibility index (Phi) is 4.76. The van der Waals surface area contributed by atoms with Gasteiger partial charge in [-0.1, -0.05) is 11.6 Å². The van der Waals surface area contributed by atoms with Crippen LogP contribution in [-0.2, 0) is 11.3 Å². The molecule has 0 aromatic carbocycles. The third-order valence-corrected chi connectivity index (χ3v) is 6.59. The predicted octanol–water partition coefficient (Wildman–Crippen LogP) is 3.11. The van der Waals surface area contributed by atoms with Crippen molar-refractivity contribution in [2.45, 2.75) is 39.3 Å². The van der Waals surface area contributed by atoms with Crippen LogP contribution in [0.2, 0.25) is 5.02 Å². The Balaban J connectivity index is 1.34. The van der Waals surface area contributed by atoms with Crippen molar-refractivity contribution in [2.24, 2.45) is 5.92 Å². The quantitative estimate of drug-likeness (QED) is 0.745. The number of aryl methyl sites for hydroxylation is 1. The summed E-state index contributed by atoms with van der Waals surface area (Å²) in [5.74, 6) is 1.42. The first-order valence-electron chi connectivity index (χ1n) is 10.4. The van der Waals surface area contributed by atoms with Crippen molar-refractivity contribution < 1.29 is 9.18 Å². The van der Waals surface area contributed by atoms with Crippen molar-refractivity contribution >= 4 is 29.1 Å². The molecule has 0 saturated carbocycles. The number of aromatic nitrogens is 3. The van der Waals surface area contributed by atoms with E-state index in [1.54, 1.807) is 0 Å². The van der Waals surface area contributed by atoms with Crippen LogP contribution in [0.5, 0.6) is 0 Å². The molecule has 0 radical (unpaired) electrons. The lowest BCUT2D eigenvalue weighted by molar-refractivity contribution is -0.137. The number of fused-ring (bicyclic) bond motifs is 1. The van der Waals surface area contributed by atoms with Crippen molar-refractivity contribution in [3.8, 4) is 0 Å². The second kappa shape index (κ2) is 7.34. The van der Waals surface area contributed by atoms with Gasteiger partial charge in [0.25, 0.3) is 0 Å². The van der Waals surface area contributed by atoms with Gasteiger partial charge in [-0.25, -0.2) is 19.3 Å². The largest absolute Gasteiger partial charge is 0.356 e. The summed E-state index contributed by atoms with van der Waals surface area (Å²) in [7, 11) is 0. The highest BCUT2D eigenvalue weighted by atomic mass is 35.5. The predicted molar refractivity (Wildman–Crippen MR) is 112 cm³/mol. The lowest BCUT2D eigenvalue weighted by atomic mass is 10.1. The van der Waals surface area contributed by atoms with Crippen LogP contribution in [0.4, 0.5) is 16.0 Å². The molecule has 0 bridgehead atoms. The van der Waals surface area contributed by atoms with Crippen LogP contribution in [-0.4, -0.2) is 51.9 Å². The normalized spacial score (nSPS) is 23.0. The zero-order valence-corrected chi connectivity index (χ0v) is 17.9. The van der Waals surface area contributed by atoms with Gasteiger partial charge in [0.2, 0.25) is 5.91 Å². The summed E-state index contributed by atoms with van der Waals surface area (Å²) in [4.78, 5) is 32.8. The molecule has 0 aliphatic carbocycles. The zero-order valence-electron chi connectivity index (χ0n) is 17.1. The third-order valence-electron chi connectivity index (χ3n) is 6.39. The van der Waals surface area contributed by atoms with E-state index in [1.807, 2.05) is 16.7 Å². The van der Waals surface area contributed by atoms with E-state index >= 15 is 0 Å². The van der Waals surface area contributed by atoms with E-state index in [0.29, 0.717) is 26.1 Å². The zero-order chi connectivity index (χ0) is 21.0. The molecule has 1 amide bonds. The highest BCUT2D eigenvalue weighted by Crippen LogP contribution is 2.40. The first kappa shape index (κ1) is 19.5. The van der Waals surface area contributed by atoms with Gasteiger partial charge >= 0.3 is 0 Å². The average molecular weight is 431 g/mol. The highest BCUT2D eigenvalue weighted by molar-refractivity contribution is 6.30. The molecule has 2 atom stereocenters. The number of anilines is 2. The molecule has 9 heteroatoms. The maximum absolute atomic E-state index is 14.3. The van der Waals surface area contributed by atoms with Crippen LogP contribution in [0.15, 0.2) is 12.3 Å². The number of amides is 1. The molecule has 5 heterocycles. The molecule has 0 N–H and O–H groups in total. The van der Waals surface area contributed by atoms with E-state index in [-0.39, 0.29) is 28.7 Å². The molecule has 5 rings (SSSR count). The van der Waals surface area contributed by atoms with Crippen molar-refractivity contribution in [1.29, 1.82) is 0 Å². The van der Waals surface area contributed by atoms with E-state index in [0.717, 1.165) is 36.0 Å². The minimum atomic E-state index is -0.456. The SMILES string of the molecule is Cc1nc2c(c(N3CCC3)n1)[C@@H](C)N(C(=O)[C@@H]1CCN(c3ncc(Cl)cc3F)C1)C2. The summed E-state index contributed by atoms with van der Waals surface area (Å²) < 4.78 is 14.3. The topological polar surface area (TPSA) is 65.5 Å². The maximum Gasteiger partial charge on any atom is 0.228 e. The number of halogens is 2. The van der Waals surface area contributed by atoms with Crippen molar-refractivity contribution in [1.82, 2.24) is 19.9 Å². The Hall–Kier alpha value is -2.48. The number of hydrogen-bond acceptors (Lipinski definition) is 6. The fraction of sp³-hybridized carbons (Fsp3) is 0.524. The fourth-order valence-corrected chi connectivity index (χ4v) is 4.84. The summed E-state index contributed by atoms with van der Waals surface area (Å²) in [6.45, 7) is 7.51. The summed E-state index contributed by atoms with van der Waals surface area (Å²) in [5.41, 5.74) is 2.03. The van der Waals surface area contributed by atoms with Gasteiger partial charge in [0.05, 0.1) is 29.2 Å². The standard InChI is InChI=1S/C21H24ClFN6O/c1-12-18-17(25-13(2)26-20(18)27-5-3-6-27)11-29(12)21(30)14-4-7-28(10-14)19-16(23)8-15(22)9-24-19/h8-9,12,14H,3-7,10-11H2,1-2H3/t12-,14-/m1/s1. The van der Waals surface area contributed by atoms with Crippen molar-refractivity contribution in [2.75, 3.05) is 36.0 Å². The van der Waals surface area contributed by atoms with E-state index in [1.165, 1.54) is 18.7 Å². The van der Waals surface area contributed by atoms with E-state index in [2.05, 4.69) is 26.8 Å². The Morgan fingerprint density at radius 1 is 1.20 bits per heavy atom. The van der Waals surface area contributed by atoms with Crippen LogP contribution < -0.4 is 9.80 Å². The van der Waals surface area contributed by atoms with E-state index < -0.39 is 5.82 Å². The average Bonchev–Trinajstić information content (AvgIpc) is 3.25. The molecule has 0 spiro atoms. The van der Waals surface area contributed by atoms with Gasteiger partial charge in [-0.3, -0.25) is 4.79 Å². The summed E-state index contributed by atoms with van der Waals surface area (Å²) in [6, 6.07) is 1.19. The lowest BCUT2D eigenvalue weighted by Gasteiger charge is -2.34. The minimum Gasteiger partial charge on any atom is -0.356 e. The van der Waals surface area contributed by atoms with Crippen molar-refractivity contribution in [3.63, 3.8) is 0 Å². The molecule has 30 heavy (non-hydrogen) atoms. The molecular weight excluding hydrogens is 407 g/mol. The van der Waals surface area contributed by atoms with Crippen molar-refractivity contribution in [3.05, 3.63) is 40.2 Å². The molecule has 3 aliphatic heterocycles. The molecular formula is C21H24ClFN6O. The monoisotopic (exact) mass is 430 g/mol. The smallest absolute Gasteiger partial charge is 0.228 e. The second-order valence-electron chi connectivity index (χ2n) is 8.33. The van der Waals surface area contributed by atoms with Gasteiger partial charge in [-0.15, -0.1) is 0 Å². The Morgan fingerprint density at radius 2 is 2.00 bits per heavy atom. The number of rotatable bonds is 3. The number of carbonyl (C=O) groups excluding carboxylic acids is 1. The fourth-order valence-electron chi connectivity index (χ4n) is 4.69. The highest BCUT2D eigenvalue weighted by Gasteiger charge is 2.41. The first-order chi connectivity index (χ1) is 14.4. The molecule has 3 aliphatic rings. The summed E-state index contributed by atoms with van der Waals surface area (Å²) >= 11 is 5.81. The van der Waals surface area contributed by atoms with Crippen LogP contribution in [0.25, 0.3) is 0 Å². The number of hydrogen-bond donors (Lipinski definition) is 0. The maximum atomic E-state index is 14.3. The van der Waals surface area contributed by atoms with Gasteiger partial charge in [0, 0.05) is 37.9 Å². The molecule has 2 fully saturated rings. The van der Waals surface area contributed by atoms with Crippen LogP contribution in [0, 0.1) is 18.7 Å². The summed E-state index contributed by atoms with van der Waals surface area (Å²) in [6.07, 6.45) is 3.28. The number of nitrogens with zero attached hydrogens (tertiary/aromatic N) is 6. The van der Waals surface area contributed by atoms with Crippen LogP contribution in [0.3, 0.4) is 0 Å². The number of pyridine rings is 1. The molecule has 2 aromatic heterocycles. The van der Waals surface area contributed by atoms with Crippen LogP contribution >= 0.6 is 11.6 Å². The lowest BCUT2D eigenvalue weighted by Crippen LogP contribution is -2.39. The van der Waals surface area contributed by atoms with Gasteiger partial charge < -0.3 is 14.7 Å². The number of carbonyl (C=O) groups is 1. The van der Waals surface area contributed by atoms with Gasteiger partial charge in [0.1, 0.15) is 11.6 Å². The van der Waals surface area contributed by atoms with Gasteiger partial charge in [-0.05, 0) is 32.8 Å².